The molecule has 0 atom stereocenters. The first-order valence-corrected chi connectivity index (χ1v) is 4.04. The lowest BCUT2D eigenvalue weighted by Gasteiger charge is -1.94. The number of ether oxygens (including phenoxy) is 1. The van der Waals surface area contributed by atoms with Crippen molar-refractivity contribution in [2.45, 2.75) is 6.61 Å². The summed E-state index contributed by atoms with van der Waals surface area (Å²) in [5.74, 6) is 0. The lowest BCUT2D eigenvalue weighted by atomic mass is 10.4. The van der Waals surface area contributed by atoms with Gasteiger partial charge >= 0.3 is 0 Å². The van der Waals surface area contributed by atoms with Gasteiger partial charge in [-0.25, -0.2) is 0 Å². The topological polar surface area (TPSA) is 22.4 Å². The van der Waals surface area contributed by atoms with E-state index in [1.54, 1.807) is 12.3 Å². The number of halogens is 1. The first-order valence-electron chi connectivity index (χ1n) is 3.24. The van der Waals surface area contributed by atoms with Gasteiger partial charge in [-0.1, -0.05) is 6.08 Å². The van der Waals surface area contributed by atoms with Gasteiger partial charge in [0.25, 0.3) is 0 Å². The normalized spacial score (nSPS) is 9.91. The monoisotopic (exact) mass is 216 g/mol. The van der Waals surface area contributed by atoms with Crippen LogP contribution in [0, 0.1) is 0 Å². The van der Waals surface area contributed by atoms with Gasteiger partial charge in [0, 0.05) is 5.56 Å². The summed E-state index contributed by atoms with van der Waals surface area (Å²) in [6, 6.07) is 1.88. The molecule has 0 fully saturated rings. The Labute approximate surface area is 74.0 Å². The van der Waals surface area contributed by atoms with Crippen LogP contribution in [-0.2, 0) is 11.3 Å². The molecule has 0 amide bonds. The SMILES string of the molecule is C=CCOCc1coc(Br)c1. The Morgan fingerprint density at radius 3 is 3.09 bits per heavy atom. The molecule has 0 aliphatic heterocycles. The van der Waals surface area contributed by atoms with Crippen molar-refractivity contribution in [2.75, 3.05) is 6.61 Å². The molecule has 1 rings (SSSR count). The van der Waals surface area contributed by atoms with E-state index in [9.17, 15) is 0 Å². The maximum atomic E-state index is 5.18. The average molecular weight is 217 g/mol. The van der Waals surface area contributed by atoms with Crippen LogP contribution < -0.4 is 0 Å². The van der Waals surface area contributed by atoms with Crippen LogP contribution in [0.25, 0.3) is 0 Å². The van der Waals surface area contributed by atoms with Gasteiger partial charge < -0.3 is 9.15 Å². The van der Waals surface area contributed by atoms with Crippen LogP contribution in [0.15, 0.2) is 34.1 Å². The summed E-state index contributed by atoms with van der Waals surface area (Å²) in [7, 11) is 0. The molecule has 0 radical (unpaired) electrons. The fourth-order valence-electron chi connectivity index (χ4n) is 0.682. The molecule has 0 bridgehead atoms. The van der Waals surface area contributed by atoms with E-state index < -0.39 is 0 Å². The number of hydrogen-bond acceptors (Lipinski definition) is 2. The predicted molar refractivity (Wildman–Crippen MR) is 46.3 cm³/mol. The van der Waals surface area contributed by atoms with Crippen molar-refractivity contribution < 1.29 is 9.15 Å². The molecule has 0 aliphatic carbocycles. The standard InChI is InChI=1S/C8H9BrO2/c1-2-3-10-5-7-4-8(9)11-6-7/h2,4,6H,1,3,5H2. The maximum Gasteiger partial charge on any atom is 0.169 e. The Morgan fingerprint density at radius 2 is 2.55 bits per heavy atom. The second-order valence-corrected chi connectivity index (χ2v) is 2.84. The molecule has 0 unspecified atom stereocenters. The molecule has 11 heavy (non-hydrogen) atoms. The highest BCUT2D eigenvalue weighted by Crippen LogP contribution is 2.14. The lowest BCUT2D eigenvalue weighted by molar-refractivity contribution is 0.148. The fourth-order valence-corrected chi connectivity index (χ4v) is 1.07. The average Bonchev–Trinajstić information content (AvgIpc) is 2.37. The van der Waals surface area contributed by atoms with Gasteiger partial charge in [0.05, 0.1) is 19.5 Å². The zero-order valence-electron chi connectivity index (χ0n) is 6.05. The summed E-state index contributed by atoms with van der Waals surface area (Å²) in [6.45, 7) is 4.68. The maximum absolute atomic E-state index is 5.18. The highest BCUT2D eigenvalue weighted by Gasteiger charge is 1.96. The fraction of sp³-hybridized carbons (Fsp3) is 0.250. The summed E-state index contributed by atoms with van der Waals surface area (Å²) in [4.78, 5) is 0. The minimum Gasteiger partial charge on any atom is -0.457 e. The summed E-state index contributed by atoms with van der Waals surface area (Å²) in [6.07, 6.45) is 3.38. The Kier molecular flexibility index (Phi) is 3.39. The Bertz CT molecular complexity index is 230. The molecule has 0 N–H and O–H groups in total. The zero-order valence-corrected chi connectivity index (χ0v) is 7.63. The van der Waals surface area contributed by atoms with E-state index in [4.69, 9.17) is 9.15 Å². The van der Waals surface area contributed by atoms with E-state index in [1.165, 1.54) is 0 Å². The first kappa shape index (κ1) is 8.56. The van der Waals surface area contributed by atoms with Crippen LogP contribution in [0.4, 0.5) is 0 Å². The molecule has 3 heteroatoms. The molecule has 0 saturated heterocycles. The molecule has 1 heterocycles. The van der Waals surface area contributed by atoms with E-state index in [2.05, 4.69) is 22.5 Å². The van der Waals surface area contributed by atoms with Crippen LogP contribution in [0.5, 0.6) is 0 Å². The second kappa shape index (κ2) is 4.36. The Morgan fingerprint density at radius 1 is 1.73 bits per heavy atom. The summed E-state index contributed by atoms with van der Waals surface area (Å²) >= 11 is 3.20. The third kappa shape index (κ3) is 2.91. The Balaban J connectivity index is 2.32. The smallest absolute Gasteiger partial charge is 0.169 e. The van der Waals surface area contributed by atoms with Gasteiger partial charge in [-0.15, -0.1) is 6.58 Å². The summed E-state index contributed by atoms with van der Waals surface area (Å²) in [5, 5.41) is 0. The summed E-state index contributed by atoms with van der Waals surface area (Å²) in [5.41, 5.74) is 1.03. The van der Waals surface area contributed by atoms with E-state index in [0.717, 1.165) is 10.2 Å². The van der Waals surface area contributed by atoms with Crippen LogP contribution in [0.1, 0.15) is 5.56 Å². The Hall–Kier alpha value is -0.540. The van der Waals surface area contributed by atoms with Crippen molar-refractivity contribution in [3.8, 4) is 0 Å². The molecular weight excluding hydrogens is 208 g/mol. The molecule has 0 aliphatic rings. The third-order valence-electron chi connectivity index (χ3n) is 1.13. The molecule has 2 nitrogen and oxygen atoms in total. The van der Waals surface area contributed by atoms with Gasteiger partial charge in [-0.05, 0) is 22.0 Å². The molecule has 0 aromatic carbocycles. The van der Waals surface area contributed by atoms with Crippen LogP contribution in [-0.4, -0.2) is 6.61 Å². The molecule has 0 spiro atoms. The zero-order chi connectivity index (χ0) is 8.10. The quantitative estimate of drug-likeness (QED) is 0.571. The van der Waals surface area contributed by atoms with Gasteiger partial charge in [0.1, 0.15) is 0 Å². The highest BCUT2D eigenvalue weighted by atomic mass is 79.9. The van der Waals surface area contributed by atoms with Gasteiger partial charge in [0.15, 0.2) is 4.67 Å². The van der Waals surface area contributed by atoms with E-state index >= 15 is 0 Å². The van der Waals surface area contributed by atoms with Gasteiger partial charge in [-0.3, -0.25) is 0 Å². The van der Waals surface area contributed by atoms with E-state index in [1.807, 2.05) is 6.07 Å². The van der Waals surface area contributed by atoms with Crippen molar-refractivity contribution in [1.82, 2.24) is 0 Å². The number of rotatable bonds is 4. The highest BCUT2D eigenvalue weighted by molar-refractivity contribution is 9.10. The second-order valence-electron chi connectivity index (χ2n) is 2.06. The van der Waals surface area contributed by atoms with Gasteiger partial charge in [0.2, 0.25) is 0 Å². The van der Waals surface area contributed by atoms with E-state index in [0.29, 0.717) is 13.2 Å². The molecule has 60 valence electrons. The van der Waals surface area contributed by atoms with E-state index in [-0.39, 0.29) is 0 Å². The molecule has 1 aromatic rings. The predicted octanol–water partition coefficient (Wildman–Crippen LogP) is 2.74. The van der Waals surface area contributed by atoms with Crippen molar-refractivity contribution in [1.29, 1.82) is 0 Å². The number of furan rings is 1. The molecular formula is C8H9BrO2. The minimum absolute atomic E-state index is 0.571. The molecule has 0 saturated carbocycles. The lowest BCUT2D eigenvalue weighted by Crippen LogP contribution is -1.89. The minimum atomic E-state index is 0.571. The van der Waals surface area contributed by atoms with Crippen LogP contribution in [0.3, 0.4) is 0 Å². The van der Waals surface area contributed by atoms with Gasteiger partial charge in [-0.2, -0.15) is 0 Å². The van der Waals surface area contributed by atoms with Crippen molar-refractivity contribution >= 4 is 15.9 Å². The summed E-state index contributed by atoms with van der Waals surface area (Å²) < 4.78 is 10.9. The van der Waals surface area contributed by atoms with Crippen LogP contribution >= 0.6 is 15.9 Å². The molecule has 1 aromatic heterocycles. The largest absolute Gasteiger partial charge is 0.457 e. The number of hydrogen-bond donors (Lipinski definition) is 0. The third-order valence-corrected chi connectivity index (χ3v) is 1.54. The van der Waals surface area contributed by atoms with Crippen molar-refractivity contribution in [3.63, 3.8) is 0 Å². The van der Waals surface area contributed by atoms with Crippen LogP contribution in [0.2, 0.25) is 0 Å². The van der Waals surface area contributed by atoms with Crippen molar-refractivity contribution in [3.05, 3.63) is 35.2 Å². The first-order chi connectivity index (χ1) is 5.33. The van der Waals surface area contributed by atoms with Crippen molar-refractivity contribution in [2.24, 2.45) is 0 Å².